The number of amides is 1. The third-order valence-corrected chi connectivity index (χ3v) is 7.17. The summed E-state index contributed by atoms with van der Waals surface area (Å²) in [7, 11) is -6.29. The van der Waals surface area contributed by atoms with Crippen molar-refractivity contribution in [3.05, 3.63) is 78.4 Å². The second kappa shape index (κ2) is 10.8. The molecule has 3 aromatic rings. The van der Waals surface area contributed by atoms with E-state index in [9.17, 15) is 26.4 Å². The molecule has 0 radical (unpaired) electrons. The van der Waals surface area contributed by atoms with Crippen LogP contribution in [0.25, 0.3) is 0 Å². The minimum Gasteiger partial charge on any atom is -0.497 e. The summed E-state index contributed by atoms with van der Waals surface area (Å²) in [5, 5.41) is 7.52. The van der Waals surface area contributed by atoms with Gasteiger partial charge in [0, 0.05) is 11.4 Å². The van der Waals surface area contributed by atoms with Crippen LogP contribution in [-0.4, -0.2) is 41.9 Å². The zero-order chi connectivity index (χ0) is 26.5. The van der Waals surface area contributed by atoms with Gasteiger partial charge in [0.05, 0.1) is 22.5 Å². The summed E-state index contributed by atoms with van der Waals surface area (Å²) >= 11 is 0. The summed E-state index contributed by atoms with van der Waals surface area (Å²) in [5.74, 6) is -0.924. The number of hydrogen-bond acceptors (Lipinski definition) is 8. The molecule has 13 heteroatoms. The fourth-order valence-electron chi connectivity index (χ4n) is 2.90. The Hall–Kier alpha value is -3.94. The van der Waals surface area contributed by atoms with Gasteiger partial charge in [0.2, 0.25) is 10.0 Å². The van der Waals surface area contributed by atoms with E-state index >= 15 is 0 Å². The number of sulfonamides is 2. The first kappa shape index (κ1) is 26.7. The Morgan fingerprint density at radius 3 is 1.86 bits per heavy atom. The molecule has 4 N–H and O–H groups in total. The first-order valence-corrected chi connectivity index (χ1v) is 13.3. The Balaban J connectivity index is 1.60. The number of primary sulfonamides is 1. The van der Waals surface area contributed by atoms with E-state index in [0.29, 0.717) is 11.4 Å². The lowest BCUT2D eigenvalue weighted by Gasteiger charge is -2.14. The number of nitrogens with two attached hydrogens (primary N) is 1. The third-order valence-electron chi connectivity index (χ3n) is 4.85. The molecule has 1 atom stereocenters. The van der Waals surface area contributed by atoms with Crippen molar-refractivity contribution in [2.75, 3.05) is 17.1 Å². The first-order valence-electron chi connectivity index (χ1n) is 10.3. The second-order valence-electron chi connectivity index (χ2n) is 7.46. The minimum absolute atomic E-state index is 0.0375. The van der Waals surface area contributed by atoms with Crippen molar-refractivity contribution >= 4 is 43.3 Å². The fourth-order valence-corrected chi connectivity index (χ4v) is 4.47. The van der Waals surface area contributed by atoms with E-state index in [1.54, 1.807) is 24.3 Å². The number of nitrogens with one attached hydrogen (secondary N) is 2. The molecule has 0 aliphatic rings. The summed E-state index contributed by atoms with van der Waals surface area (Å²) < 4.78 is 60.4. The molecule has 0 fully saturated rings. The molecule has 0 unspecified atom stereocenters. The molecule has 3 aromatic carbocycles. The van der Waals surface area contributed by atoms with Crippen molar-refractivity contribution in [3.8, 4) is 5.75 Å². The highest BCUT2D eigenvalue weighted by Crippen LogP contribution is 2.20. The molecule has 0 spiro atoms. The van der Waals surface area contributed by atoms with E-state index < -0.39 is 38.0 Å². The van der Waals surface area contributed by atoms with Crippen LogP contribution >= 0.6 is 0 Å². The van der Waals surface area contributed by atoms with Crippen LogP contribution in [0.1, 0.15) is 17.3 Å². The van der Waals surface area contributed by atoms with Gasteiger partial charge in [-0.3, -0.25) is 9.52 Å². The van der Waals surface area contributed by atoms with Gasteiger partial charge in [0.15, 0.2) is 6.10 Å². The van der Waals surface area contributed by atoms with E-state index in [1.807, 2.05) is 0 Å². The fraction of sp³-hybridized carbons (Fsp3) is 0.130. The molecule has 1 amide bonds. The predicted octanol–water partition coefficient (Wildman–Crippen LogP) is 2.33. The molecule has 0 bridgehead atoms. The molecule has 0 saturated carbocycles. The molecular formula is C23H23N3O8S2. The van der Waals surface area contributed by atoms with E-state index in [-0.39, 0.29) is 21.0 Å². The Morgan fingerprint density at radius 2 is 1.33 bits per heavy atom. The Morgan fingerprint density at radius 1 is 0.806 bits per heavy atom. The van der Waals surface area contributed by atoms with Crippen LogP contribution in [0.5, 0.6) is 5.75 Å². The summed E-state index contributed by atoms with van der Waals surface area (Å²) in [6, 6.07) is 16.4. The van der Waals surface area contributed by atoms with Crippen LogP contribution in [0.15, 0.2) is 82.6 Å². The molecular weight excluding hydrogens is 510 g/mol. The number of carbonyl (C=O) groups excluding carboxylic acids is 2. The lowest BCUT2D eigenvalue weighted by molar-refractivity contribution is -0.123. The van der Waals surface area contributed by atoms with Crippen LogP contribution in [0.3, 0.4) is 0 Å². The van der Waals surface area contributed by atoms with Crippen LogP contribution in [0.2, 0.25) is 0 Å². The van der Waals surface area contributed by atoms with Gasteiger partial charge >= 0.3 is 5.97 Å². The van der Waals surface area contributed by atoms with Crippen molar-refractivity contribution in [2.45, 2.75) is 22.8 Å². The maximum atomic E-state index is 12.6. The second-order valence-corrected chi connectivity index (χ2v) is 10.7. The highest BCUT2D eigenvalue weighted by atomic mass is 32.2. The van der Waals surface area contributed by atoms with Crippen molar-refractivity contribution in [1.29, 1.82) is 0 Å². The number of carbonyl (C=O) groups is 2. The number of anilines is 2. The quantitative estimate of drug-likeness (QED) is 0.352. The maximum absolute atomic E-state index is 12.6. The average molecular weight is 534 g/mol. The lowest BCUT2D eigenvalue weighted by Crippen LogP contribution is -2.30. The van der Waals surface area contributed by atoms with E-state index in [2.05, 4.69) is 10.0 Å². The molecule has 0 heterocycles. The summed E-state index contributed by atoms with van der Waals surface area (Å²) in [6.45, 7) is 1.35. The largest absolute Gasteiger partial charge is 0.497 e. The average Bonchev–Trinajstić information content (AvgIpc) is 2.84. The molecule has 190 valence electrons. The molecule has 0 aromatic heterocycles. The van der Waals surface area contributed by atoms with Crippen LogP contribution in [-0.2, 0) is 29.6 Å². The van der Waals surface area contributed by atoms with E-state index in [1.165, 1.54) is 62.6 Å². The smallest absolute Gasteiger partial charge is 0.338 e. The van der Waals surface area contributed by atoms with Crippen molar-refractivity contribution < 1.29 is 35.9 Å². The Kier molecular flexibility index (Phi) is 7.97. The van der Waals surface area contributed by atoms with Crippen molar-refractivity contribution in [1.82, 2.24) is 0 Å². The standard InChI is InChI=1S/C23H23N3O8S2/c1-15(22(27)25-17-7-13-20(14-8-17)35(24,29)30)34-23(28)16-3-11-21(12-4-16)36(31,32)26-18-5-9-19(33-2)10-6-18/h3-15,26H,1-2H3,(H,25,27)(H2,24,29,30)/t15-/m0/s1. The summed E-state index contributed by atoms with van der Waals surface area (Å²) in [6.07, 6.45) is -1.20. The highest BCUT2D eigenvalue weighted by molar-refractivity contribution is 7.92. The summed E-state index contributed by atoms with van der Waals surface area (Å²) in [4.78, 5) is 24.6. The number of esters is 1. The van der Waals surface area contributed by atoms with E-state index in [4.69, 9.17) is 14.6 Å². The number of rotatable bonds is 9. The number of hydrogen-bond donors (Lipinski definition) is 3. The Labute approximate surface area is 208 Å². The zero-order valence-electron chi connectivity index (χ0n) is 19.2. The highest BCUT2D eigenvalue weighted by Gasteiger charge is 2.21. The third kappa shape index (κ3) is 6.81. The lowest BCUT2D eigenvalue weighted by atomic mass is 10.2. The maximum Gasteiger partial charge on any atom is 0.338 e. The first-order chi connectivity index (χ1) is 16.9. The van der Waals surface area contributed by atoms with Crippen LogP contribution in [0, 0.1) is 0 Å². The van der Waals surface area contributed by atoms with Gasteiger partial charge in [-0.15, -0.1) is 0 Å². The number of methoxy groups -OCH3 is 1. The van der Waals surface area contributed by atoms with Gasteiger partial charge in [0.25, 0.3) is 15.9 Å². The van der Waals surface area contributed by atoms with Crippen LogP contribution < -0.4 is 19.9 Å². The monoisotopic (exact) mass is 533 g/mol. The van der Waals surface area contributed by atoms with Gasteiger partial charge in [0.1, 0.15) is 5.75 Å². The normalized spacial score (nSPS) is 12.3. The van der Waals surface area contributed by atoms with E-state index in [0.717, 1.165) is 0 Å². The molecule has 36 heavy (non-hydrogen) atoms. The van der Waals surface area contributed by atoms with Gasteiger partial charge < -0.3 is 14.8 Å². The molecule has 0 saturated heterocycles. The molecule has 0 aliphatic heterocycles. The SMILES string of the molecule is COc1ccc(NS(=O)(=O)c2ccc(C(=O)O[C@@H](C)C(=O)Nc3ccc(S(N)(=O)=O)cc3)cc2)cc1. The predicted molar refractivity (Wildman–Crippen MR) is 132 cm³/mol. The summed E-state index contributed by atoms with van der Waals surface area (Å²) in [5.41, 5.74) is 0.642. The Bertz CT molecular complexity index is 1450. The minimum atomic E-state index is -3.91. The van der Waals surface area contributed by atoms with Gasteiger partial charge in [-0.05, 0) is 79.7 Å². The molecule has 11 nitrogen and oxygen atoms in total. The zero-order valence-corrected chi connectivity index (χ0v) is 20.8. The number of benzene rings is 3. The molecule has 0 aliphatic carbocycles. The topological polar surface area (TPSA) is 171 Å². The van der Waals surface area contributed by atoms with Gasteiger partial charge in [-0.25, -0.2) is 26.8 Å². The van der Waals surface area contributed by atoms with Crippen molar-refractivity contribution in [3.63, 3.8) is 0 Å². The van der Waals surface area contributed by atoms with Crippen LogP contribution in [0.4, 0.5) is 11.4 Å². The van der Waals surface area contributed by atoms with Crippen molar-refractivity contribution in [2.24, 2.45) is 5.14 Å². The van der Waals surface area contributed by atoms with Gasteiger partial charge in [-0.1, -0.05) is 0 Å². The number of ether oxygens (including phenoxy) is 2. The van der Waals surface area contributed by atoms with Gasteiger partial charge in [-0.2, -0.15) is 0 Å². The molecule has 3 rings (SSSR count).